The summed E-state index contributed by atoms with van der Waals surface area (Å²) in [7, 11) is 0. The highest BCUT2D eigenvalue weighted by atomic mass is 19.3. The van der Waals surface area contributed by atoms with Gasteiger partial charge >= 0.3 is 6.43 Å². The first kappa shape index (κ1) is 21.2. The van der Waals surface area contributed by atoms with Crippen molar-refractivity contribution < 1.29 is 22.8 Å². The summed E-state index contributed by atoms with van der Waals surface area (Å²) in [4.78, 5) is 29.2. The number of fused-ring (bicyclic) bond motifs is 1. The van der Waals surface area contributed by atoms with Crippen molar-refractivity contribution in [1.29, 1.82) is 0 Å². The fourth-order valence-corrected chi connectivity index (χ4v) is 4.79. The second-order valence-electron chi connectivity index (χ2n) is 8.39. The zero-order valence-corrected chi connectivity index (χ0v) is 17.9. The minimum Gasteiger partial charge on any atom is -0.415 e. The van der Waals surface area contributed by atoms with Crippen molar-refractivity contribution in [2.24, 2.45) is 0 Å². The Bertz CT molecular complexity index is 1200. The van der Waals surface area contributed by atoms with Crippen molar-refractivity contribution in [3.63, 3.8) is 0 Å². The van der Waals surface area contributed by atoms with Crippen molar-refractivity contribution in [1.82, 2.24) is 20.0 Å². The van der Waals surface area contributed by atoms with Crippen molar-refractivity contribution in [2.75, 3.05) is 13.1 Å². The van der Waals surface area contributed by atoms with Gasteiger partial charge in [-0.3, -0.25) is 9.59 Å². The molecule has 2 aliphatic heterocycles. The monoisotopic (exact) mass is 452 g/mol. The molecule has 1 fully saturated rings. The molecule has 5 rings (SSSR count). The number of rotatable bonds is 4. The second-order valence-corrected chi connectivity index (χ2v) is 8.39. The Hall–Kier alpha value is -3.62. The molecule has 7 nitrogen and oxygen atoms in total. The highest BCUT2D eigenvalue weighted by Gasteiger charge is 2.40. The van der Waals surface area contributed by atoms with Gasteiger partial charge in [-0.05, 0) is 29.7 Å². The van der Waals surface area contributed by atoms with Gasteiger partial charge < -0.3 is 14.2 Å². The molecule has 0 radical (unpaired) electrons. The second kappa shape index (κ2) is 8.38. The van der Waals surface area contributed by atoms with E-state index >= 15 is 0 Å². The normalized spacial score (nSPS) is 20.4. The highest BCUT2D eigenvalue weighted by molar-refractivity contribution is 5.99. The van der Waals surface area contributed by atoms with Crippen molar-refractivity contribution in [3.8, 4) is 11.5 Å². The third kappa shape index (κ3) is 3.88. The van der Waals surface area contributed by atoms with Crippen LogP contribution in [-0.4, -0.2) is 50.9 Å². The van der Waals surface area contributed by atoms with Crippen molar-refractivity contribution >= 4 is 11.8 Å². The number of amides is 2. The standard InChI is InChI=1S/C24H22F2N4O3/c1-14(31)29-10-9-20(19(13-29)15-5-3-2-4-6-15)30-12-17-8-7-16(11-18(17)24(30)32)22-27-28-23(33-22)21(25)26/h2-8,11,19-21H,9-10,12-13H2,1H3/t19-,20-/m1/s1. The fourth-order valence-electron chi connectivity index (χ4n) is 4.79. The number of aromatic nitrogens is 2. The van der Waals surface area contributed by atoms with Gasteiger partial charge in [0.15, 0.2) is 0 Å². The quantitative estimate of drug-likeness (QED) is 0.597. The van der Waals surface area contributed by atoms with Gasteiger partial charge in [-0.15, -0.1) is 10.2 Å². The van der Waals surface area contributed by atoms with E-state index in [9.17, 15) is 18.4 Å². The van der Waals surface area contributed by atoms with Crippen LogP contribution >= 0.6 is 0 Å². The van der Waals surface area contributed by atoms with E-state index in [2.05, 4.69) is 10.2 Å². The number of benzene rings is 2. The smallest absolute Gasteiger partial charge is 0.314 e. The number of carbonyl (C=O) groups excluding carboxylic acids is 2. The van der Waals surface area contributed by atoms with Gasteiger partial charge in [0.25, 0.3) is 11.8 Å². The summed E-state index contributed by atoms with van der Waals surface area (Å²) in [5.41, 5.74) is 2.88. The lowest BCUT2D eigenvalue weighted by molar-refractivity contribution is -0.130. The molecule has 170 valence electrons. The third-order valence-electron chi connectivity index (χ3n) is 6.47. The molecular weight excluding hydrogens is 430 g/mol. The van der Waals surface area contributed by atoms with Crippen LogP contribution in [0, 0.1) is 0 Å². The van der Waals surface area contributed by atoms with E-state index in [-0.39, 0.29) is 29.7 Å². The van der Waals surface area contributed by atoms with E-state index in [1.54, 1.807) is 25.1 Å². The number of carbonyl (C=O) groups is 2. The Morgan fingerprint density at radius 3 is 2.64 bits per heavy atom. The number of hydrogen-bond donors (Lipinski definition) is 0. The van der Waals surface area contributed by atoms with Crippen LogP contribution in [0.4, 0.5) is 8.78 Å². The number of alkyl halides is 2. The van der Waals surface area contributed by atoms with E-state index in [1.807, 2.05) is 40.1 Å². The molecule has 2 atom stereocenters. The molecule has 0 unspecified atom stereocenters. The number of halogens is 2. The molecule has 2 aliphatic rings. The summed E-state index contributed by atoms with van der Waals surface area (Å²) in [5, 5.41) is 7.05. The molecule has 2 aromatic carbocycles. The molecular formula is C24H22F2N4O3. The van der Waals surface area contributed by atoms with Gasteiger partial charge in [0, 0.05) is 49.6 Å². The van der Waals surface area contributed by atoms with E-state index in [0.29, 0.717) is 37.2 Å². The summed E-state index contributed by atoms with van der Waals surface area (Å²) in [6.07, 6.45) is -2.18. The minimum atomic E-state index is -2.85. The lowest BCUT2D eigenvalue weighted by Crippen LogP contribution is -2.51. The maximum Gasteiger partial charge on any atom is 0.314 e. The summed E-state index contributed by atoms with van der Waals surface area (Å²) in [6.45, 7) is 3.16. The maximum absolute atomic E-state index is 13.4. The Labute approximate surface area is 189 Å². The molecule has 3 heterocycles. The van der Waals surface area contributed by atoms with Crippen LogP contribution in [0.5, 0.6) is 0 Å². The molecule has 0 bridgehead atoms. The zero-order chi connectivity index (χ0) is 23.1. The largest absolute Gasteiger partial charge is 0.415 e. The van der Waals surface area contributed by atoms with Gasteiger partial charge in [0.1, 0.15) is 0 Å². The van der Waals surface area contributed by atoms with Gasteiger partial charge in [-0.25, -0.2) is 0 Å². The fraction of sp³-hybridized carbons (Fsp3) is 0.333. The Morgan fingerprint density at radius 2 is 1.94 bits per heavy atom. The third-order valence-corrected chi connectivity index (χ3v) is 6.47. The first-order chi connectivity index (χ1) is 15.9. The summed E-state index contributed by atoms with van der Waals surface area (Å²) >= 11 is 0. The Kier molecular flexibility index (Phi) is 5.39. The zero-order valence-electron chi connectivity index (χ0n) is 17.9. The van der Waals surface area contributed by atoms with Gasteiger partial charge in [-0.1, -0.05) is 36.4 Å². The number of piperidine rings is 1. The van der Waals surface area contributed by atoms with E-state index < -0.39 is 12.3 Å². The maximum atomic E-state index is 13.4. The average Bonchev–Trinajstić information content (AvgIpc) is 3.44. The molecule has 1 saturated heterocycles. The molecule has 9 heteroatoms. The number of nitrogens with zero attached hydrogens (tertiary/aromatic N) is 4. The minimum absolute atomic E-state index is 0.00822. The van der Waals surface area contributed by atoms with Crippen LogP contribution in [0.25, 0.3) is 11.5 Å². The van der Waals surface area contributed by atoms with Crippen molar-refractivity contribution in [3.05, 3.63) is 71.1 Å². The molecule has 1 aromatic heterocycles. The molecule has 0 spiro atoms. The SMILES string of the molecule is CC(=O)N1CC[C@@H](N2Cc3ccc(-c4nnc(C(F)F)o4)cc3C2=O)[C@@H](c2ccccc2)C1. The highest BCUT2D eigenvalue weighted by Crippen LogP contribution is 2.37. The lowest BCUT2D eigenvalue weighted by atomic mass is 9.85. The van der Waals surface area contributed by atoms with E-state index in [4.69, 9.17) is 4.42 Å². The molecule has 0 saturated carbocycles. The van der Waals surface area contributed by atoms with E-state index in [0.717, 1.165) is 11.1 Å². The van der Waals surface area contributed by atoms with Crippen LogP contribution in [0.15, 0.2) is 52.9 Å². The first-order valence-electron chi connectivity index (χ1n) is 10.8. The molecule has 33 heavy (non-hydrogen) atoms. The van der Waals surface area contributed by atoms with Crippen LogP contribution < -0.4 is 0 Å². The summed E-state index contributed by atoms with van der Waals surface area (Å²) in [5.74, 6) is -0.899. The topological polar surface area (TPSA) is 79.5 Å². The summed E-state index contributed by atoms with van der Waals surface area (Å²) < 4.78 is 30.7. The van der Waals surface area contributed by atoms with Gasteiger partial charge in [0.05, 0.1) is 0 Å². The van der Waals surface area contributed by atoms with Gasteiger partial charge in [-0.2, -0.15) is 8.78 Å². The summed E-state index contributed by atoms with van der Waals surface area (Å²) in [6, 6.07) is 15.0. The van der Waals surface area contributed by atoms with Gasteiger partial charge in [0.2, 0.25) is 11.8 Å². The molecule has 2 amide bonds. The van der Waals surface area contributed by atoms with Crippen molar-refractivity contribution in [2.45, 2.75) is 38.3 Å². The number of likely N-dealkylation sites (tertiary alicyclic amines) is 1. The van der Waals surface area contributed by atoms with Crippen LogP contribution in [0.2, 0.25) is 0 Å². The molecule has 0 N–H and O–H groups in total. The predicted molar refractivity (Wildman–Crippen MR) is 114 cm³/mol. The lowest BCUT2D eigenvalue weighted by Gasteiger charge is -2.42. The van der Waals surface area contributed by atoms with Crippen LogP contribution in [0.1, 0.15) is 53.1 Å². The number of hydrogen-bond acceptors (Lipinski definition) is 5. The first-order valence-corrected chi connectivity index (χ1v) is 10.8. The molecule has 3 aromatic rings. The molecule has 0 aliphatic carbocycles. The Morgan fingerprint density at radius 1 is 1.15 bits per heavy atom. The van der Waals surface area contributed by atoms with E-state index in [1.165, 1.54) is 0 Å². The predicted octanol–water partition coefficient (Wildman–Crippen LogP) is 4.03. The Balaban J connectivity index is 1.43. The van der Waals surface area contributed by atoms with Crippen LogP contribution in [0.3, 0.4) is 0 Å². The van der Waals surface area contributed by atoms with Crippen LogP contribution in [-0.2, 0) is 11.3 Å². The average molecular weight is 452 g/mol.